The fourth-order valence-electron chi connectivity index (χ4n) is 4.23. The van der Waals surface area contributed by atoms with Crippen molar-refractivity contribution in [1.82, 2.24) is 15.1 Å². The van der Waals surface area contributed by atoms with Crippen LogP contribution in [0.4, 0.5) is 8.78 Å². The summed E-state index contributed by atoms with van der Waals surface area (Å²) in [5.74, 6) is -0.185. The van der Waals surface area contributed by atoms with Crippen molar-refractivity contribution in [2.24, 2.45) is 5.92 Å². The average Bonchev–Trinajstić information content (AvgIpc) is 3.26. The van der Waals surface area contributed by atoms with Gasteiger partial charge in [-0.3, -0.25) is 4.79 Å². The summed E-state index contributed by atoms with van der Waals surface area (Å²) >= 11 is 0. The van der Waals surface area contributed by atoms with Crippen LogP contribution in [0, 0.1) is 17.6 Å². The van der Waals surface area contributed by atoms with Gasteiger partial charge in [0.05, 0.1) is 23.4 Å². The summed E-state index contributed by atoms with van der Waals surface area (Å²) in [6.45, 7) is 4.01. The van der Waals surface area contributed by atoms with Crippen molar-refractivity contribution in [2.45, 2.75) is 32.4 Å². The maximum absolute atomic E-state index is 14.2. The SMILES string of the molecule is COCC(=O)N[C@@H](CC(C)C)[C@@H](Oc1ccc2c(cnn2-c2ccc(F)cc2)c1)c1cccc(F)c1. The van der Waals surface area contributed by atoms with E-state index in [1.54, 1.807) is 41.2 Å². The normalized spacial score (nSPS) is 13.1. The van der Waals surface area contributed by atoms with Gasteiger partial charge in [0.15, 0.2) is 0 Å². The molecular weight excluding hydrogens is 464 g/mol. The summed E-state index contributed by atoms with van der Waals surface area (Å²) < 4.78 is 40.6. The van der Waals surface area contributed by atoms with E-state index in [0.29, 0.717) is 17.7 Å². The van der Waals surface area contributed by atoms with Crippen LogP contribution in [-0.2, 0) is 9.53 Å². The molecule has 4 aromatic rings. The van der Waals surface area contributed by atoms with Gasteiger partial charge in [-0.25, -0.2) is 13.5 Å². The molecule has 188 valence electrons. The van der Waals surface area contributed by atoms with Crippen LogP contribution in [0.15, 0.2) is 72.9 Å². The maximum atomic E-state index is 14.2. The van der Waals surface area contributed by atoms with Gasteiger partial charge in [-0.05, 0) is 72.5 Å². The number of amides is 1. The van der Waals surface area contributed by atoms with E-state index in [1.807, 2.05) is 26.0 Å². The third-order valence-corrected chi connectivity index (χ3v) is 5.76. The number of carbonyl (C=O) groups is 1. The predicted octanol–water partition coefficient (Wildman–Crippen LogP) is 5.60. The van der Waals surface area contributed by atoms with Crippen molar-refractivity contribution in [3.63, 3.8) is 0 Å². The van der Waals surface area contributed by atoms with Crippen molar-refractivity contribution in [1.29, 1.82) is 0 Å². The number of methoxy groups -OCH3 is 1. The van der Waals surface area contributed by atoms with Gasteiger partial charge in [0.1, 0.15) is 30.1 Å². The topological polar surface area (TPSA) is 65.4 Å². The largest absolute Gasteiger partial charge is 0.484 e. The number of rotatable bonds is 10. The van der Waals surface area contributed by atoms with Crippen molar-refractivity contribution in [2.75, 3.05) is 13.7 Å². The van der Waals surface area contributed by atoms with Gasteiger partial charge < -0.3 is 14.8 Å². The molecule has 2 atom stereocenters. The van der Waals surface area contributed by atoms with Crippen molar-refractivity contribution in [3.05, 3.63) is 90.1 Å². The van der Waals surface area contributed by atoms with Crippen LogP contribution in [0.5, 0.6) is 5.75 Å². The molecule has 0 saturated carbocycles. The Hall–Kier alpha value is -3.78. The molecule has 0 aliphatic rings. The summed E-state index contributed by atoms with van der Waals surface area (Å²) in [7, 11) is 1.46. The number of ether oxygens (including phenoxy) is 2. The van der Waals surface area contributed by atoms with Gasteiger partial charge in [0.25, 0.3) is 0 Å². The highest BCUT2D eigenvalue weighted by molar-refractivity contribution is 5.82. The molecule has 1 aromatic heterocycles. The van der Waals surface area contributed by atoms with Crippen LogP contribution < -0.4 is 10.1 Å². The lowest BCUT2D eigenvalue weighted by molar-refractivity contribution is -0.126. The Labute approximate surface area is 208 Å². The Morgan fingerprint density at radius 3 is 2.50 bits per heavy atom. The van der Waals surface area contributed by atoms with Crippen molar-refractivity contribution in [3.8, 4) is 11.4 Å². The zero-order valence-corrected chi connectivity index (χ0v) is 20.4. The van der Waals surface area contributed by atoms with Gasteiger partial charge in [-0.2, -0.15) is 5.10 Å². The molecular formula is C28H29F2N3O3. The molecule has 0 aliphatic carbocycles. The fraction of sp³-hybridized carbons (Fsp3) is 0.286. The number of aromatic nitrogens is 2. The number of nitrogens with one attached hydrogen (secondary N) is 1. The molecule has 0 fully saturated rings. The molecule has 3 aromatic carbocycles. The van der Waals surface area contributed by atoms with Crippen LogP contribution in [-0.4, -0.2) is 35.4 Å². The quantitative estimate of drug-likeness (QED) is 0.312. The van der Waals surface area contributed by atoms with E-state index in [-0.39, 0.29) is 30.1 Å². The third-order valence-electron chi connectivity index (χ3n) is 5.76. The molecule has 36 heavy (non-hydrogen) atoms. The van der Waals surface area contributed by atoms with Gasteiger partial charge in [-0.1, -0.05) is 26.0 Å². The summed E-state index contributed by atoms with van der Waals surface area (Å²) in [5, 5.41) is 8.25. The lowest BCUT2D eigenvalue weighted by Crippen LogP contribution is -2.43. The molecule has 0 spiro atoms. The molecule has 0 unspecified atom stereocenters. The van der Waals surface area contributed by atoms with E-state index in [1.165, 1.54) is 31.4 Å². The summed E-state index contributed by atoms with van der Waals surface area (Å²) in [4.78, 5) is 12.4. The van der Waals surface area contributed by atoms with Crippen LogP contribution in [0.2, 0.25) is 0 Å². The molecule has 8 heteroatoms. The van der Waals surface area contributed by atoms with E-state index >= 15 is 0 Å². The second-order valence-electron chi connectivity index (χ2n) is 9.08. The molecule has 1 amide bonds. The summed E-state index contributed by atoms with van der Waals surface area (Å²) in [6.07, 6.45) is 1.67. The highest BCUT2D eigenvalue weighted by Crippen LogP contribution is 2.31. The monoisotopic (exact) mass is 493 g/mol. The highest BCUT2D eigenvalue weighted by atomic mass is 19.1. The number of benzene rings is 3. The van der Waals surface area contributed by atoms with Crippen LogP contribution in [0.3, 0.4) is 0 Å². The van der Waals surface area contributed by atoms with E-state index in [4.69, 9.17) is 9.47 Å². The smallest absolute Gasteiger partial charge is 0.246 e. The second-order valence-corrected chi connectivity index (χ2v) is 9.08. The lowest BCUT2D eigenvalue weighted by atomic mass is 9.94. The fourth-order valence-corrected chi connectivity index (χ4v) is 4.23. The zero-order valence-electron chi connectivity index (χ0n) is 20.4. The zero-order chi connectivity index (χ0) is 25.7. The number of fused-ring (bicyclic) bond motifs is 1. The van der Waals surface area contributed by atoms with E-state index in [0.717, 1.165) is 16.6 Å². The Bertz CT molecular complexity index is 1320. The number of halogens is 2. The van der Waals surface area contributed by atoms with Crippen LogP contribution in [0.25, 0.3) is 16.6 Å². The Balaban J connectivity index is 1.68. The average molecular weight is 494 g/mol. The van der Waals surface area contributed by atoms with Gasteiger partial charge in [0, 0.05) is 12.5 Å². The lowest BCUT2D eigenvalue weighted by Gasteiger charge is -2.30. The highest BCUT2D eigenvalue weighted by Gasteiger charge is 2.28. The van der Waals surface area contributed by atoms with Gasteiger partial charge >= 0.3 is 0 Å². The molecule has 1 heterocycles. The Morgan fingerprint density at radius 1 is 1.03 bits per heavy atom. The standard InChI is InChI=1S/C28H29F2N3O3/c1-18(2)13-25(32-27(34)17-35-3)28(19-5-4-6-22(30)14-19)36-24-11-12-26-20(15-24)16-31-33(26)23-9-7-21(29)8-10-23/h4-12,14-16,18,25,28H,13,17H2,1-3H3,(H,32,34)/t25-,28-/m0/s1. The molecule has 0 aliphatic heterocycles. The minimum absolute atomic E-state index is 0.0843. The summed E-state index contributed by atoms with van der Waals surface area (Å²) in [6, 6.07) is 17.4. The molecule has 0 saturated heterocycles. The number of carbonyl (C=O) groups excluding carboxylic acids is 1. The Kier molecular flexibility index (Phi) is 7.95. The first-order chi connectivity index (χ1) is 17.3. The van der Waals surface area contributed by atoms with Crippen molar-refractivity contribution < 1.29 is 23.0 Å². The van der Waals surface area contributed by atoms with Gasteiger partial charge in [0.2, 0.25) is 5.91 Å². The van der Waals surface area contributed by atoms with Crippen LogP contribution >= 0.6 is 0 Å². The minimum Gasteiger partial charge on any atom is -0.484 e. The number of nitrogens with zero attached hydrogens (tertiary/aromatic N) is 2. The molecule has 0 radical (unpaired) electrons. The first kappa shape index (κ1) is 25.3. The minimum atomic E-state index is -0.645. The Morgan fingerprint density at radius 2 is 1.81 bits per heavy atom. The molecule has 0 bridgehead atoms. The second kappa shape index (κ2) is 11.3. The number of hydrogen-bond donors (Lipinski definition) is 1. The predicted molar refractivity (Wildman–Crippen MR) is 134 cm³/mol. The first-order valence-corrected chi connectivity index (χ1v) is 11.8. The maximum Gasteiger partial charge on any atom is 0.246 e. The van der Waals surface area contributed by atoms with E-state index in [9.17, 15) is 13.6 Å². The number of hydrogen-bond acceptors (Lipinski definition) is 4. The van der Waals surface area contributed by atoms with E-state index < -0.39 is 12.1 Å². The molecule has 1 N–H and O–H groups in total. The third kappa shape index (κ3) is 6.07. The first-order valence-electron chi connectivity index (χ1n) is 11.8. The van der Waals surface area contributed by atoms with Crippen LogP contribution in [0.1, 0.15) is 31.9 Å². The van der Waals surface area contributed by atoms with Gasteiger partial charge in [-0.15, -0.1) is 0 Å². The molecule has 4 rings (SSSR count). The van der Waals surface area contributed by atoms with Crippen molar-refractivity contribution >= 4 is 16.8 Å². The van der Waals surface area contributed by atoms with E-state index in [2.05, 4.69) is 10.4 Å². The summed E-state index contributed by atoms with van der Waals surface area (Å²) in [5.41, 5.74) is 2.17. The molecule has 6 nitrogen and oxygen atoms in total.